The van der Waals surface area contributed by atoms with Crippen molar-refractivity contribution in [2.45, 2.75) is 0 Å². The van der Waals surface area contributed by atoms with E-state index in [1.54, 1.807) is 12.1 Å². The fraction of sp³-hybridized carbons (Fsp3) is 0. The molecule has 4 N–H and O–H groups in total. The van der Waals surface area contributed by atoms with E-state index in [1.165, 1.54) is 24.3 Å². The van der Waals surface area contributed by atoms with Crippen molar-refractivity contribution < 1.29 is 30.6 Å². The van der Waals surface area contributed by atoms with Crippen LogP contribution in [0.4, 0.5) is 0 Å². The molecule has 0 aromatic heterocycles. The third-order valence-electron chi connectivity index (χ3n) is 2.04. The van der Waals surface area contributed by atoms with E-state index in [4.69, 9.17) is 31.4 Å². The van der Waals surface area contributed by atoms with Crippen molar-refractivity contribution >= 4 is 114 Å². The Hall–Kier alpha value is 0.0127. The average Bonchev–Trinajstić information content (AvgIpc) is 2.32. The molecule has 0 aliphatic rings. The van der Waals surface area contributed by atoms with E-state index in [0.717, 1.165) is 0 Å². The Kier molecular flexibility index (Phi) is 11.9. The predicted molar refractivity (Wildman–Crippen MR) is 65.1 cm³/mol. The Balaban J connectivity index is 0. The zero-order valence-corrected chi connectivity index (χ0v) is 17.1. The molecule has 92 valence electrons. The first-order valence-corrected chi connectivity index (χ1v) is 4.52. The maximum Gasteiger partial charge on any atom is 0.394 e. The van der Waals surface area contributed by atoms with Gasteiger partial charge in [-0.2, -0.15) is 10.5 Å². The van der Waals surface area contributed by atoms with E-state index in [1.807, 2.05) is 0 Å². The molecule has 0 saturated carbocycles. The Morgan fingerprint density at radius 2 is 1.00 bits per heavy atom. The average molecular weight is 326 g/mol. The van der Waals surface area contributed by atoms with Crippen molar-refractivity contribution in [3.8, 4) is 12.1 Å². The summed E-state index contributed by atoms with van der Waals surface area (Å²) in [5.74, 6) is 0. The molecule has 1 aromatic rings. The van der Waals surface area contributed by atoms with Crippen LogP contribution in [0.3, 0.4) is 0 Å². The zero-order valence-electron chi connectivity index (χ0n) is 10.9. The summed E-state index contributed by atoms with van der Waals surface area (Å²) >= 11 is 0. The zero-order chi connectivity index (χ0) is 13.7. The summed E-state index contributed by atoms with van der Waals surface area (Å²) in [7, 11) is 0. The third-order valence-corrected chi connectivity index (χ3v) is 2.04. The summed E-state index contributed by atoms with van der Waals surface area (Å²) in [6.45, 7) is 0. The predicted octanol–water partition coefficient (Wildman–Crippen LogP) is -0.868. The van der Waals surface area contributed by atoms with E-state index in [2.05, 4.69) is 0 Å². The topological polar surface area (TPSA) is 135 Å². The van der Waals surface area contributed by atoms with Crippen LogP contribution >= 0.6 is 0 Å². The fourth-order valence-corrected chi connectivity index (χ4v) is 1.24. The monoisotopic (exact) mass is 326 g/mol. The molecule has 0 fully saturated rings. The van der Waals surface area contributed by atoms with E-state index in [0.29, 0.717) is 0 Å². The third kappa shape index (κ3) is 5.79. The molecule has 0 saturated heterocycles. The van der Waals surface area contributed by atoms with Crippen LogP contribution in [-0.2, 0) is 0 Å². The van der Waals surface area contributed by atoms with Gasteiger partial charge in [0, 0.05) is 103 Å². The smallest absolute Gasteiger partial charge is 0.243 e. The SMILES string of the molecule is N#CC(c1ccc(C(C#N)=[N+](O)O)cc1)=[N+](O)O.[K].[K]. The van der Waals surface area contributed by atoms with Gasteiger partial charge in [0.05, 0.1) is 11.1 Å². The molecule has 0 aliphatic carbocycles. The van der Waals surface area contributed by atoms with Crippen molar-refractivity contribution in [1.29, 1.82) is 10.5 Å². The van der Waals surface area contributed by atoms with Gasteiger partial charge in [0.1, 0.15) is 0 Å². The van der Waals surface area contributed by atoms with Crippen LogP contribution in [0.25, 0.3) is 0 Å². The molecule has 0 spiro atoms. The molecular weight excluding hydrogens is 318 g/mol. The number of hydrogen-bond donors (Lipinski definition) is 4. The van der Waals surface area contributed by atoms with Gasteiger partial charge < -0.3 is 0 Å². The molecule has 20 heavy (non-hydrogen) atoms. The van der Waals surface area contributed by atoms with Crippen LogP contribution in [0.2, 0.25) is 0 Å². The summed E-state index contributed by atoms with van der Waals surface area (Å²) in [5, 5.41) is 52.4. The van der Waals surface area contributed by atoms with Gasteiger partial charge >= 0.3 is 11.4 Å². The summed E-state index contributed by atoms with van der Waals surface area (Å²) in [6.07, 6.45) is 0. The van der Waals surface area contributed by atoms with Gasteiger partial charge in [0.25, 0.3) is 0 Å². The second kappa shape index (κ2) is 10.7. The van der Waals surface area contributed by atoms with E-state index in [9.17, 15) is 0 Å². The molecule has 1 rings (SSSR count). The Bertz CT molecular complexity index is 551. The van der Waals surface area contributed by atoms with Crippen LogP contribution in [0, 0.1) is 22.7 Å². The second-order valence-electron chi connectivity index (χ2n) is 3.08. The van der Waals surface area contributed by atoms with Gasteiger partial charge in [-0.25, -0.2) is 20.8 Å². The van der Waals surface area contributed by atoms with Crippen molar-refractivity contribution in [3.05, 3.63) is 35.4 Å². The van der Waals surface area contributed by atoms with E-state index in [-0.39, 0.29) is 124 Å². The summed E-state index contributed by atoms with van der Waals surface area (Å²) < 4.78 is 0. The molecule has 10 heteroatoms. The number of benzene rings is 1. The van der Waals surface area contributed by atoms with Crippen molar-refractivity contribution in [2.24, 2.45) is 0 Å². The van der Waals surface area contributed by atoms with Gasteiger partial charge in [-0.3, -0.25) is 0 Å². The van der Waals surface area contributed by atoms with Gasteiger partial charge in [-0.1, -0.05) is 0 Å². The largest absolute Gasteiger partial charge is 0.394 e. The Morgan fingerprint density at radius 1 is 0.750 bits per heavy atom. The van der Waals surface area contributed by atoms with E-state index >= 15 is 0 Å². The first kappa shape index (κ1) is 22.3. The molecule has 8 nitrogen and oxygen atoms in total. The summed E-state index contributed by atoms with van der Waals surface area (Å²) in [4.78, 5) is -0.650. The molecule has 1 aromatic carbocycles. The molecule has 0 amide bonds. The van der Waals surface area contributed by atoms with Crippen LogP contribution < -0.4 is 0 Å². The molecule has 0 bridgehead atoms. The number of nitriles is 2. The van der Waals surface area contributed by atoms with Gasteiger partial charge in [-0.05, 0) is 24.3 Å². The first-order valence-electron chi connectivity index (χ1n) is 4.52. The maximum atomic E-state index is 8.76. The molecule has 0 aliphatic heterocycles. The standard InChI is InChI=1S/C10H8N4O4.2K/c11-5-9(13(15)16)7-1-2-8(4-3-7)10(6-12)14(17)18;;/h1-4,15-18H;;/q+2;;. The normalized spacial score (nSPS) is 7.90. The summed E-state index contributed by atoms with van der Waals surface area (Å²) in [6, 6.07) is 8.38. The minimum Gasteiger partial charge on any atom is -0.243 e. The van der Waals surface area contributed by atoms with Crippen LogP contribution in [0.1, 0.15) is 11.1 Å². The van der Waals surface area contributed by atoms with E-state index < -0.39 is 11.4 Å². The molecule has 0 unspecified atom stereocenters. The first-order chi connectivity index (χ1) is 8.51. The molecular formula is C10H8K2N4O4+2. The Labute approximate surface area is 199 Å². The van der Waals surface area contributed by atoms with Gasteiger partial charge in [-0.15, -0.1) is 0 Å². The number of hydrogen-bond acceptors (Lipinski definition) is 6. The van der Waals surface area contributed by atoms with Crippen LogP contribution in [-0.4, -0.2) is 145 Å². The quantitative estimate of drug-likeness (QED) is 0.242. The van der Waals surface area contributed by atoms with Crippen LogP contribution in [0.5, 0.6) is 0 Å². The Morgan fingerprint density at radius 3 is 1.15 bits per heavy atom. The maximum absolute atomic E-state index is 8.76. The van der Waals surface area contributed by atoms with Gasteiger partial charge in [0.2, 0.25) is 9.80 Å². The second-order valence-corrected chi connectivity index (χ2v) is 3.08. The van der Waals surface area contributed by atoms with Crippen molar-refractivity contribution in [1.82, 2.24) is 0 Å². The fourth-order valence-electron chi connectivity index (χ4n) is 1.24. The van der Waals surface area contributed by atoms with Crippen LogP contribution in [0.15, 0.2) is 24.3 Å². The minimum absolute atomic E-state index is 0. The van der Waals surface area contributed by atoms with Crippen molar-refractivity contribution in [3.63, 3.8) is 0 Å². The number of rotatable bonds is 2. The van der Waals surface area contributed by atoms with Crippen molar-refractivity contribution in [2.75, 3.05) is 0 Å². The molecule has 2 radical (unpaired) electrons. The minimum atomic E-state index is -0.412. The summed E-state index contributed by atoms with van der Waals surface area (Å²) in [5.41, 5.74) is -0.452. The van der Waals surface area contributed by atoms with Gasteiger partial charge in [0.15, 0.2) is 12.1 Å². The molecule has 0 heterocycles. The molecule has 0 atom stereocenters. The number of nitrogens with zero attached hydrogens (tertiary/aromatic N) is 4.